The summed E-state index contributed by atoms with van der Waals surface area (Å²) in [6.45, 7) is 4.76. The van der Waals surface area contributed by atoms with Crippen molar-refractivity contribution in [3.8, 4) is 0 Å². The quantitative estimate of drug-likeness (QED) is 0.189. The summed E-state index contributed by atoms with van der Waals surface area (Å²) >= 11 is 0. The fraction of sp³-hybridized carbons (Fsp3) is 0.118. The zero-order chi connectivity index (χ0) is 27.8. The molecule has 4 aromatic rings. The zero-order valence-corrected chi connectivity index (χ0v) is 25.1. The number of allylic oxidation sites excluding steroid dienone is 8. The Labute approximate surface area is 251 Å². The second-order valence-corrected chi connectivity index (χ2v) is 14.0. The molecule has 4 nitrogen and oxygen atoms in total. The van der Waals surface area contributed by atoms with Gasteiger partial charge in [-0.05, 0) is 33.7 Å². The third kappa shape index (κ3) is 7.25. The van der Waals surface area contributed by atoms with Gasteiger partial charge in [0.15, 0.2) is 0 Å². The molecule has 0 fully saturated rings. The normalized spacial score (nSPS) is 13.3. The van der Waals surface area contributed by atoms with E-state index in [2.05, 4.69) is 49.6 Å². The van der Waals surface area contributed by atoms with Gasteiger partial charge in [-0.1, -0.05) is 85.9 Å². The molecule has 0 atom stereocenters. The van der Waals surface area contributed by atoms with Gasteiger partial charge in [-0.3, -0.25) is 12.2 Å². The second kappa shape index (κ2) is 14.0. The number of carboxylic acid groups (broad SMARTS) is 2. The molecule has 0 unspecified atom stereocenters. The number of hydrogen-bond donors (Lipinski definition) is 2. The van der Waals surface area contributed by atoms with Crippen LogP contribution in [0.1, 0.15) is 33.6 Å². The molecular formula is C34H30O4SiTi. The molecule has 6 heteroatoms. The van der Waals surface area contributed by atoms with Gasteiger partial charge in [0, 0.05) is 8.07 Å². The summed E-state index contributed by atoms with van der Waals surface area (Å²) < 4.78 is 0. The Morgan fingerprint density at radius 3 is 1.35 bits per heavy atom. The molecule has 0 aromatic heterocycles. The molecule has 2 N–H and O–H groups in total. The van der Waals surface area contributed by atoms with Gasteiger partial charge in [-0.2, -0.15) is 12.2 Å². The Morgan fingerprint density at radius 1 is 0.625 bits per heavy atom. The first-order valence-corrected chi connectivity index (χ1v) is 15.8. The smallest absolute Gasteiger partial charge is 0.478 e. The van der Waals surface area contributed by atoms with Crippen molar-refractivity contribution in [1.82, 2.24) is 0 Å². The van der Waals surface area contributed by atoms with Crippen LogP contribution in [0, 0.1) is 12.2 Å². The third-order valence-electron chi connectivity index (χ3n) is 6.78. The van der Waals surface area contributed by atoms with Crippen molar-refractivity contribution in [3.63, 3.8) is 0 Å². The predicted octanol–water partition coefficient (Wildman–Crippen LogP) is 8.23. The average molecular weight is 579 g/mol. The van der Waals surface area contributed by atoms with E-state index in [1.807, 2.05) is 60.7 Å². The Hall–Kier alpha value is -3.77. The summed E-state index contributed by atoms with van der Waals surface area (Å²) in [5.74, 6) is -1.76. The van der Waals surface area contributed by atoms with Crippen molar-refractivity contribution in [2.75, 3.05) is 0 Å². The molecular weight excluding hydrogens is 548 g/mol. The molecule has 0 bridgehead atoms. The summed E-state index contributed by atoms with van der Waals surface area (Å²) in [5.41, 5.74) is 0.719. The van der Waals surface area contributed by atoms with Crippen molar-refractivity contribution < 1.29 is 41.5 Å². The number of aromatic carboxylic acids is 2. The van der Waals surface area contributed by atoms with Gasteiger partial charge in [-0.25, -0.2) is 32.1 Å². The maximum absolute atomic E-state index is 10.8. The molecule has 0 amide bonds. The molecule has 4 aromatic carbocycles. The van der Waals surface area contributed by atoms with Crippen molar-refractivity contribution in [2.45, 2.75) is 25.9 Å². The molecule has 0 saturated heterocycles. The molecule has 0 aliphatic heterocycles. The summed E-state index contributed by atoms with van der Waals surface area (Å²) in [4.78, 5) is 21.6. The largest absolute Gasteiger partial charge is 2.00 e. The van der Waals surface area contributed by atoms with E-state index in [0.29, 0.717) is 11.1 Å². The average Bonchev–Trinajstić information content (AvgIpc) is 3.69. The number of carbonyl (C=O) groups is 2. The van der Waals surface area contributed by atoms with E-state index in [1.54, 1.807) is 24.3 Å². The van der Waals surface area contributed by atoms with E-state index in [-0.39, 0.29) is 21.7 Å². The van der Waals surface area contributed by atoms with E-state index < -0.39 is 20.0 Å². The van der Waals surface area contributed by atoms with Gasteiger partial charge in [0.25, 0.3) is 0 Å². The van der Waals surface area contributed by atoms with Crippen LogP contribution in [0.2, 0.25) is 13.1 Å². The number of benzene rings is 4. The van der Waals surface area contributed by atoms with Crippen molar-refractivity contribution in [3.05, 3.63) is 143 Å². The van der Waals surface area contributed by atoms with Crippen molar-refractivity contribution in [2.24, 2.45) is 0 Å². The van der Waals surface area contributed by atoms with Crippen LogP contribution in [0.3, 0.4) is 0 Å². The first-order chi connectivity index (χ1) is 18.8. The molecule has 0 heterocycles. The van der Waals surface area contributed by atoms with E-state index >= 15 is 0 Å². The van der Waals surface area contributed by atoms with Gasteiger partial charge in [0.05, 0.1) is 11.1 Å². The Bertz CT molecular complexity index is 1510. The number of rotatable bonds is 4. The van der Waals surface area contributed by atoms with Crippen molar-refractivity contribution in [1.29, 1.82) is 0 Å². The van der Waals surface area contributed by atoms with E-state index in [0.717, 1.165) is 34.4 Å². The minimum absolute atomic E-state index is 0. The fourth-order valence-electron chi connectivity index (χ4n) is 4.64. The van der Waals surface area contributed by atoms with Crippen LogP contribution in [-0.2, 0) is 21.7 Å². The monoisotopic (exact) mass is 578 g/mol. The Balaban J connectivity index is 0.000000163. The predicted molar refractivity (Wildman–Crippen MR) is 160 cm³/mol. The van der Waals surface area contributed by atoms with Crippen molar-refractivity contribution >= 4 is 41.6 Å². The Kier molecular flexibility index (Phi) is 10.8. The minimum Gasteiger partial charge on any atom is -0.478 e. The molecule has 2 aliphatic rings. The molecule has 198 valence electrons. The molecule has 2 aliphatic carbocycles. The van der Waals surface area contributed by atoms with E-state index in [4.69, 9.17) is 10.2 Å². The maximum atomic E-state index is 10.8. The van der Waals surface area contributed by atoms with Gasteiger partial charge < -0.3 is 10.2 Å². The Morgan fingerprint density at radius 2 is 1.00 bits per heavy atom. The van der Waals surface area contributed by atoms with Gasteiger partial charge in [0.2, 0.25) is 0 Å². The zero-order valence-electron chi connectivity index (χ0n) is 22.5. The first kappa shape index (κ1) is 30.8. The second-order valence-electron chi connectivity index (χ2n) is 9.68. The topological polar surface area (TPSA) is 74.6 Å². The molecule has 40 heavy (non-hydrogen) atoms. The third-order valence-corrected chi connectivity index (χ3v) is 10.2. The van der Waals surface area contributed by atoms with Crippen LogP contribution < -0.4 is 0 Å². The molecule has 6 rings (SSSR count). The summed E-state index contributed by atoms with van der Waals surface area (Å²) in [6.07, 6.45) is 17.8. The van der Waals surface area contributed by atoms with Gasteiger partial charge in [0.1, 0.15) is 0 Å². The van der Waals surface area contributed by atoms with Crippen LogP contribution in [-0.4, -0.2) is 30.2 Å². The number of carboxylic acids is 2. The van der Waals surface area contributed by atoms with E-state index in [1.165, 1.54) is 10.4 Å². The standard InChI is InChI=1S/C12H14Si.2C11H8O2.Ti/c1-13(2,11-7-3-4-8-11)12-9-5-6-10-12;2*12-11(13)10-7-3-5-8-4-1-2-6-9(8)10;/h3,5,7,9H,4,6H2,1-2H3;2*1-7H,(H,12,13);/q-2;;;+2. The molecule has 0 spiro atoms. The SMILES string of the molecule is C[Si](C)(C1=[C-]CC=C1)C1=[C-]CC=C1.O=C(O)c1cccc2ccccc12.O=C(O)c1cccc2ccccc12.[Ti+2]. The van der Waals surface area contributed by atoms with Crippen LogP contribution in [0.25, 0.3) is 21.5 Å². The van der Waals surface area contributed by atoms with Crippen LogP contribution in [0.15, 0.2) is 120 Å². The fourth-order valence-corrected chi connectivity index (χ4v) is 7.08. The van der Waals surface area contributed by atoms with Gasteiger partial charge in [-0.15, -0.1) is 12.8 Å². The summed E-state index contributed by atoms with van der Waals surface area (Å²) in [5, 5.41) is 24.2. The molecule has 0 saturated carbocycles. The van der Waals surface area contributed by atoms with E-state index in [9.17, 15) is 9.59 Å². The van der Waals surface area contributed by atoms with Gasteiger partial charge >= 0.3 is 33.7 Å². The van der Waals surface area contributed by atoms with Crippen LogP contribution in [0.4, 0.5) is 0 Å². The molecule has 0 radical (unpaired) electrons. The summed E-state index contributed by atoms with van der Waals surface area (Å²) in [7, 11) is -1.40. The maximum Gasteiger partial charge on any atom is 2.00 e. The minimum atomic E-state index is -1.40. The number of fused-ring (bicyclic) bond motifs is 2. The van der Waals surface area contributed by atoms with Crippen LogP contribution >= 0.6 is 0 Å². The summed E-state index contributed by atoms with van der Waals surface area (Å²) in [6, 6.07) is 25.5. The number of hydrogen-bond acceptors (Lipinski definition) is 2. The first-order valence-electron chi connectivity index (χ1n) is 12.8. The van der Waals surface area contributed by atoms with Crippen LogP contribution in [0.5, 0.6) is 0 Å².